The summed E-state index contributed by atoms with van der Waals surface area (Å²) in [5, 5.41) is 9.53. The normalized spacial score (nSPS) is 20.7. The standard InChI is InChI=1S/C20H22FNO2.ClH/c21-17-8-6-16(7-9-17)19-14-22(13-11-18(19)20(23)24)12-10-15-4-2-1-3-5-15;/h1-9,18-19H,10-14H2,(H,23,24);1H. The molecular weight excluding hydrogens is 341 g/mol. The molecule has 1 aliphatic heterocycles. The Hall–Kier alpha value is -1.91. The Labute approximate surface area is 153 Å². The fourth-order valence-electron chi connectivity index (χ4n) is 3.50. The van der Waals surface area contributed by atoms with E-state index in [9.17, 15) is 14.3 Å². The van der Waals surface area contributed by atoms with Crippen molar-refractivity contribution in [2.75, 3.05) is 19.6 Å². The summed E-state index contributed by atoms with van der Waals surface area (Å²) in [6, 6.07) is 16.6. The van der Waals surface area contributed by atoms with Crippen LogP contribution in [0.25, 0.3) is 0 Å². The Morgan fingerprint density at radius 2 is 1.80 bits per heavy atom. The van der Waals surface area contributed by atoms with Gasteiger partial charge in [0, 0.05) is 19.0 Å². The summed E-state index contributed by atoms with van der Waals surface area (Å²) in [6.45, 7) is 2.41. The first kappa shape index (κ1) is 19.4. The van der Waals surface area contributed by atoms with Gasteiger partial charge in [0.2, 0.25) is 0 Å². The van der Waals surface area contributed by atoms with Crippen molar-refractivity contribution in [3.8, 4) is 0 Å². The molecule has 3 rings (SSSR count). The fraction of sp³-hybridized carbons (Fsp3) is 0.350. The molecule has 1 fully saturated rings. The number of nitrogens with zero attached hydrogens (tertiary/aromatic N) is 1. The summed E-state index contributed by atoms with van der Waals surface area (Å²) >= 11 is 0. The maximum absolute atomic E-state index is 13.2. The molecule has 2 aromatic rings. The Morgan fingerprint density at radius 1 is 1.12 bits per heavy atom. The quantitative estimate of drug-likeness (QED) is 0.873. The van der Waals surface area contributed by atoms with Gasteiger partial charge in [0.15, 0.2) is 0 Å². The zero-order valence-corrected chi connectivity index (χ0v) is 14.8. The Kier molecular flexibility index (Phi) is 6.97. The van der Waals surface area contributed by atoms with Gasteiger partial charge >= 0.3 is 5.97 Å². The van der Waals surface area contributed by atoms with Crippen molar-refractivity contribution in [1.82, 2.24) is 4.90 Å². The van der Waals surface area contributed by atoms with E-state index in [1.54, 1.807) is 12.1 Å². The van der Waals surface area contributed by atoms with Crippen LogP contribution in [0, 0.1) is 11.7 Å². The number of carbonyl (C=O) groups is 1. The lowest BCUT2D eigenvalue weighted by atomic mass is 9.80. The molecule has 2 aromatic carbocycles. The highest BCUT2D eigenvalue weighted by atomic mass is 35.5. The smallest absolute Gasteiger partial charge is 0.307 e. The van der Waals surface area contributed by atoms with Gasteiger partial charge in [0.25, 0.3) is 0 Å². The van der Waals surface area contributed by atoms with Gasteiger partial charge in [-0.1, -0.05) is 42.5 Å². The van der Waals surface area contributed by atoms with Crippen LogP contribution in [0.5, 0.6) is 0 Å². The summed E-state index contributed by atoms with van der Waals surface area (Å²) in [7, 11) is 0. The zero-order valence-electron chi connectivity index (χ0n) is 14.0. The number of likely N-dealkylation sites (tertiary alicyclic amines) is 1. The highest BCUT2D eigenvalue weighted by Crippen LogP contribution is 2.33. The molecule has 0 radical (unpaired) electrons. The summed E-state index contributed by atoms with van der Waals surface area (Å²) in [5.74, 6) is -1.54. The molecule has 0 aliphatic carbocycles. The maximum Gasteiger partial charge on any atom is 0.307 e. The average Bonchev–Trinajstić information content (AvgIpc) is 2.61. The van der Waals surface area contributed by atoms with Crippen LogP contribution in [-0.2, 0) is 11.2 Å². The first-order valence-corrected chi connectivity index (χ1v) is 8.38. The van der Waals surface area contributed by atoms with Crippen LogP contribution in [-0.4, -0.2) is 35.6 Å². The summed E-state index contributed by atoms with van der Waals surface area (Å²) in [4.78, 5) is 13.9. The highest BCUT2D eigenvalue weighted by molar-refractivity contribution is 5.85. The summed E-state index contributed by atoms with van der Waals surface area (Å²) in [5.41, 5.74) is 2.20. The Bertz CT molecular complexity index is 678. The molecule has 1 N–H and O–H groups in total. The molecule has 134 valence electrons. The molecule has 0 bridgehead atoms. The number of carboxylic acid groups (broad SMARTS) is 1. The zero-order chi connectivity index (χ0) is 16.9. The fourth-order valence-corrected chi connectivity index (χ4v) is 3.50. The Morgan fingerprint density at radius 3 is 2.44 bits per heavy atom. The third-order valence-corrected chi connectivity index (χ3v) is 4.87. The van der Waals surface area contributed by atoms with E-state index in [-0.39, 0.29) is 24.1 Å². The lowest BCUT2D eigenvalue weighted by Gasteiger charge is -2.37. The van der Waals surface area contributed by atoms with Gasteiger partial charge in [-0.25, -0.2) is 4.39 Å². The second kappa shape index (κ2) is 8.97. The topological polar surface area (TPSA) is 40.5 Å². The van der Waals surface area contributed by atoms with Crippen LogP contribution in [0.4, 0.5) is 4.39 Å². The van der Waals surface area contributed by atoms with Crippen molar-refractivity contribution in [2.45, 2.75) is 18.8 Å². The number of hydrogen-bond acceptors (Lipinski definition) is 2. The van der Waals surface area contributed by atoms with Crippen LogP contribution in [0.2, 0.25) is 0 Å². The SMILES string of the molecule is Cl.O=C(O)C1CCN(CCc2ccccc2)CC1c1ccc(F)cc1. The molecule has 1 aliphatic rings. The van der Waals surface area contributed by atoms with E-state index < -0.39 is 11.9 Å². The first-order valence-electron chi connectivity index (χ1n) is 8.38. The minimum absolute atomic E-state index is 0. The molecule has 5 heteroatoms. The highest BCUT2D eigenvalue weighted by Gasteiger charge is 2.34. The van der Waals surface area contributed by atoms with E-state index in [1.807, 2.05) is 18.2 Å². The molecule has 0 spiro atoms. The predicted molar refractivity (Wildman–Crippen MR) is 98.7 cm³/mol. The van der Waals surface area contributed by atoms with Crippen LogP contribution in [0.15, 0.2) is 54.6 Å². The van der Waals surface area contributed by atoms with Crippen molar-refractivity contribution in [3.05, 3.63) is 71.5 Å². The molecule has 2 unspecified atom stereocenters. The summed E-state index contributed by atoms with van der Waals surface area (Å²) < 4.78 is 13.2. The van der Waals surface area contributed by atoms with E-state index >= 15 is 0 Å². The van der Waals surface area contributed by atoms with Crippen LogP contribution < -0.4 is 0 Å². The van der Waals surface area contributed by atoms with Gasteiger partial charge in [0.05, 0.1) is 5.92 Å². The minimum atomic E-state index is -0.757. The number of hydrogen-bond donors (Lipinski definition) is 1. The van der Waals surface area contributed by atoms with Crippen LogP contribution in [0.3, 0.4) is 0 Å². The predicted octanol–water partition coefficient (Wildman–Crippen LogP) is 3.98. The molecule has 25 heavy (non-hydrogen) atoms. The second-order valence-corrected chi connectivity index (χ2v) is 6.43. The molecule has 0 amide bonds. The van der Waals surface area contributed by atoms with Crippen molar-refractivity contribution in [3.63, 3.8) is 0 Å². The van der Waals surface area contributed by atoms with Gasteiger partial charge in [0.1, 0.15) is 5.82 Å². The van der Waals surface area contributed by atoms with Crippen molar-refractivity contribution in [2.24, 2.45) is 5.92 Å². The number of halogens is 2. The second-order valence-electron chi connectivity index (χ2n) is 6.43. The van der Waals surface area contributed by atoms with E-state index in [1.165, 1.54) is 17.7 Å². The van der Waals surface area contributed by atoms with Crippen molar-refractivity contribution in [1.29, 1.82) is 0 Å². The van der Waals surface area contributed by atoms with Crippen molar-refractivity contribution >= 4 is 18.4 Å². The number of aliphatic carboxylic acids is 1. The number of benzene rings is 2. The molecule has 1 heterocycles. The largest absolute Gasteiger partial charge is 0.481 e. The van der Waals surface area contributed by atoms with E-state index in [0.717, 1.165) is 25.1 Å². The molecule has 1 saturated heterocycles. The third-order valence-electron chi connectivity index (χ3n) is 4.87. The number of carboxylic acids is 1. The van der Waals surface area contributed by atoms with E-state index in [0.29, 0.717) is 13.0 Å². The van der Waals surface area contributed by atoms with E-state index in [4.69, 9.17) is 0 Å². The average molecular weight is 364 g/mol. The lowest BCUT2D eigenvalue weighted by Crippen LogP contribution is -2.42. The van der Waals surface area contributed by atoms with Crippen LogP contribution in [0.1, 0.15) is 23.5 Å². The van der Waals surface area contributed by atoms with Gasteiger partial charge in [-0.2, -0.15) is 0 Å². The van der Waals surface area contributed by atoms with Crippen molar-refractivity contribution < 1.29 is 14.3 Å². The third kappa shape index (κ3) is 5.03. The molecular formula is C20H23ClFNO2. The molecule has 0 saturated carbocycles. The maximum atomic E-state index is 13.2. The Balaban J connectivity index is 0.00000225. The molecule has 0 aromatic heterocycles. The van der Waals surface area contributed by atoms with Gasteiger partial charge in [-0.3, -0.25) is 4.79 Å². The van der Waals surface area contributed by atoms with Gasteiger partial charge in [-0.05, 0) is 42.6 Å². The van der Waals surface area contributed by atoms with E-state index in [2.05, 4.69) is 17.0 Å². The summed E-state index contributed by atoms with van der Waals surface area (Å²) in [6.07, 6.45) is 1.58. The number of rotatable bonds is 5. The number of piperidine rings is 1. The monoisotopic (exact) mass is 363 g/mol. The minimum Gasteiger partial charge on any atom is -0.481 e. The lowest BCUT2D eigenvalue weighted by molar-refractivity contribution is -0.144. The first-order chi connectivity index (χ1) is 11.6. The van der Waals surface area contributed by atoms with Gasteiger partial charge in [-0.15, -0.1) is 12.4 Å². The molecule has 3 nitrogen and oxygen atoms in total. The van der Waals surface area contributed by atoms with Crippen LogP contribution >= 0.6 is 12.4 Å². The molecule has 2 atom stereocenters. The van der Waals surface area contributed by atoms with Gasteiger partial charge < -0.3 is 10.0 Å².